The molecule has 0 radical (unpaired) electrons. The smallest absolute Gasteiger partial charge is 0.416 e. The lowest BCUT2D eigenvalue weighted by atomic mass is 10.0. The minimum absolute atomic E-state index is 0.0160. The summed E-state index contributed by atoms with van der Waals surface area (Å²) in [5.74, 6) is -0.929. The number of hydrogen-bond donors (Lipinski definition) is 0. The topological polar surface area (TPSA) is 52.6 Å². The van der Waals surface area contributed by atoms with Crippen molar-refractivity contribution in [3.05, 3.63) is 81.9 Å². The highest BCUT2D eigenvalue weighted by atomic mass is 19.4. The minimum Gasteiger partial charge on any atom is -0.466 e. The Labute approximate surface area is 215 Å². The molecule has 0 amide bonds. The number of aryl methyl sites for hydroxylation is 1. The maximum atomic E-state index is 12.7. The predicted octanol–water partition coefficient (Wildman–Crippen LogP) is 7.20. The molecule has 0 saturated carbocycles. The number of rotatable bonds is 5. The predicted molar refractivity (Wildman–Crippen MR) is 129 cm³/mol. The number of benzene rings is 2. The lowest BCUT2D eigenvalue weighted by Gasteiger charge is -2.11. The minimum atomic E-state index is -4.37. The molecule has 4 rings (SSSR count). The Balaban J connectivity index is 0.000000211. The van der Waals surface area contributed by atoms with Crippen LogP contribution in [0.25, 0.3) is 11.1 Å². The average molecular weight is 541 g/mol. The fraction of sp³-hybridized carbons (Fsp3) is 0.357. The van der Waals surface area contributed by atoms with Gasteiger partial charge in [0.05, 0.1) is 30.8 Å². The monoisotopic (exact) mass is 540 g/mol. The zero-order chi connectivity index (χ0) is 28.1. The second-order valence-electron chi connectivity index (χ2n) is 8.58. The largest absolute Gasteiger partial charge is 0.466 e. The number of halogens is 6. The molecule has 2 aliphatic carbocycles. The third-order valence-corrected chi connectivity index (χ3v) is 6.02. The maximum absolute atomic E-state index is 12.7. The number of ether oxygens (including phenoxy) is 2. The Morgan fingerprint density at radius 3 is 1.97 bits per heavy atom. The van der Waals surface area contributed by atoms with Gasteiger partial charge in [-0.25, -0.2) is 4.79 Å². The molecule has 0 aromatic heterocycles. The maximum Gasteiger partial charge on any atom is 0.416 e. The van der Waals surface area contributed by atoms with Crippen molar-refractivity contribution in [2.75, 3.05) is 13.2 Å². The lowest BCUT2D eigenvalue weighted by molar-refractivity contribution is -0.142. The first-order valence-corrected chi connectivity index (χ1v) is 12.0. The van der Waals surface area contributed by atoms with Crippen LogP contribution >= 0.6 is 0 Å². The fourth-order valence-electron chi connectivity index (χ4n) is 4.26. The van der Waals surface area contributed by atoms with Gasteiger partial charge in [0.1, 0.15) is 0 Å². The second kappa shape index (κ2) is 11.9. The molecule has 0 aliphatic heterocycles. The number of carbonyl (C=O) groups is 2. The van der Waals surface area contributed by atoms with Gasteiger partial charge in [0.25, 0.3) is 0 Å². The summed E-state index contributed by atoms with van der Waals surface area (Å²) in [5, 5.41) is 0. The number of fused-ring (bicyclic) bond motifs is 2. The van der Waals surface area contributed by atoms with Crippen LogP contribution in [0.4, 0.5) is 26.3 Å². The highest BCUT2D eigenvalue weighted by Gasteiger charge is 2.33. The Morgan fingerprint density at radius 2 is 1.39 bits per heavy atom. The molecule has 2 aliphatic rings. The van der Waals surface area contributed by atoms with Gasteiger partial charge in [0, 0.05) is 6.08 Å². The number of allylic oxidation sites excluding steroid dienone is 2. The normalized spacial score (nSPS) is 15.3. The highest BCUT2D eigenvalue weighted by Crippen LogP contribution is 2.38. The van der Waals surface area contributed by atoms with Crippen LogP contribution in [0.15, 0.2) is 48.6 Å². The van der Waals surface area contributed by atoms with Crippen LogP contribution in [-0.2, 0) is 44.3 Å². The van der Waals surface area contributed by atoms with E-state index < -0.39 is 35.4 Å². The molecular formula is C28H26F6O4. The molecule has 0 spiro atoms. The number of alkyl halides is 6. The first-order valence-electron chi connectivity index (χ1n) is 12.0. The van der Waals surface area contributed by atoms with E-state index in [4.69, 9.17) is 9.47 Å². The number of carbonyl (C=O) groups excluding carboxylic acids is 2. The van der Waals surface area contributed by atoms with Crippen molar-refractivity contribution in [1.29, 1.82) is 0 Å². The lowest BCUT2D eigenvalue weighted by Crippen LogP contribution is -2.07. The fourth-order valence-corrected chi connectivity index (χ4v) is 4.26. The molecule has 4 nitrogen and oxygen atoms in total. The number of hydrogen-bond acceptors (Lipinski definition) is 4. The number of esters is 2. The Kier molecular flexibility index (Phi) is 9.06. The zero-order valence-electron chi connectivity index (χ0n) is 20.8. The summed E-state index contributed by atoms with van der Waals surface area (Å²) < 4.78 is 85.5. The highest BCUT2D eigenvalue weighted by molar-refractivity contribution is 5.93. The average Bonchev–Trinajstić information content (AvgIpc) is 3.42. The zero-order valence-corrected chi connectivity index (χ0v) is 20.8. The van der Waals surface area contributed by atoms with Crippen LogP contribution in [0.2, 0.25) is 0 Å². The van der Waals surface area contributed by atoms with Gasteiger partial charge in [-0.15, -0.1) is 0 Å². The van der Waals surface area contributed by atoms with Crippen molar-refractivity contribution in [1.82, 2.24) is 0 Å². The summed E-state index contributed by atoms with van der Waals surface area (Å²) in [6.07, 6.45) is -3.88. The summed E-state index contributed by atoms with van der Waals surface area (Å²) in [5.41, 5.74) is 2.49. The van der Waals surface area contributed by atoms with E-state index in [0.29, 0.717) is 41.5 Å². The van der Waals surface area contributed by atoms with Gasteiger partial charge in [-0.1, -0.05) is 18.2 Å². The van der Waals surface area contributed by atoms with E-state index in [9.17, 15) is 35.9 Å². The second-order valence-corrected chi connectivity index (χ2v) is 8.58. The standard InChI is InChI=1S/2C14H13F3O2/c2*1-2-19-13(18)7-10-4-3-9-5-6-11(8-12(9)10)14(15,16)17/h5-8H,2-4H2,1H3;4-6,8H,2-3,7H2,1H3/b10-7+;. The Bertz CT molecular complexity index is 1250. The van der Waals surface area contributed by atoms with Gasteiger partial charge in [0.2, 0.25) is 0 Å². The van der Waals surface area contributed by atoms with Gasteiger partial charge in [-0.05, 0) is 90.8 Å². The molecule has 0 heterocycles. The van der Waals surface area contributed by atoms with Crippen molar-refractivity contribution in [2.45, 2.75) is 51.9 Å². The SMILES string of the molecule is CCOC(=O)/C=C1\CCc2ccc(C(F)(F)F)cc21.CCOC(=O)CC1=CCc2ccc(C(F)(F)F)cc21. The van der Waals surface area contributed by atoms with Crippen molar-refractivity contribution in [2.24, 2.45) is 0 Å². The molecule has 0 N–H and O–H groups in total. The van der Waals surface area contributed by atoms with E-state index in [2.05, 4.69) is 0 Å². The van der Waals surface area contributed by atoms with Crippen molar-refractivity contribution in [3.63, 3.8) is 0 Å². The van der Waals surface area contributed by atoms with Crippen LogP contribution in [0.5, 0.6) is 0 Å². The molecule has 38 heavy (non-hydrogen) atoms. The van der Waals surface area contributed by atoms with Crippen LogP contribution in [0.1, 0.15) is 60.1 Å². The van der Waals surface area contributed by atoms with Gasteiger partial charge in [0.15, 0.2) is 0 Å². The summed E-state index contributed by atoms with van der Waals surface area (Å²) in [6, 6.07) is 7.30. The van der Waals surface area contributed by atoms with E-state index in [1.54, 1.807) is 19.9 Å². The van der Waals surface area contributed by atoms with E-state index in [1.165, 1.54) is 18.2 Å². The van der Waals surface area contributed by atoms with Gasteiger partial charge < -0.3 is 9.47 Å². The van der Waals surface area contributed by atoms with Crippen LogP contribution in [0.3, 0.4) is 0 Å². The van der Waals surface area contributed by atoms with Crippen LogP contribution in [-0.4, -0.2) is 25.2 Å². The molecule has 2 aromatic carbocycles. The first kappa shape index (κ1) is 29.0. The molecule has 2 aromatic rings. The molecular weight excluding hydrogens is 514 g/mol. The molecule has 204 valence electrons. The van der Waals surface area contributed by atoms with E-state index in [-0.39, 0.29) is 19.6 Å². The molecule has 10 heteroatoms. The van der Waals surface area contributed by atoms with Crippen LogP contribution < -0.4 is 0 Å². The van der Waals surface area contributed by atoms with E-state index in [0.717, 1.165) is 35.4 Å². The molecule has 0 unspecified atom stereocenters. The summed E-state index contributed by atoms with van der Waals surface area (Å²) in [7, 11) is 0. The van der Waals surface area contributed by atoms with E-state index in [1.807, 2.05) is 0 Å². The van der Waals surface area contributed by atoms with Crippen LogP contribution in [0, 0.1) is 0 Å². The Hall–Kier alpha value is -3.56. The van der Waals surface area contributed by atoms with Gasteiger partial charge >= 0.3 is 24.3 Å². The summed E-state index contributed by atoms with van der Waals surface area (Å²) in [4.78, 5) is 22.8. The summed E-state index contributed by atoms with van der Waals surface area (Å²) in [6.45, 7) is 3.89. The molecule has 0 saturated heterocycles. The van der Waals surface area contributed by atoms with Crippen molar-refractivity contribution in [3.8, 4) is 0 Å². The van der Waals surface area contributed by atoms with E-state index >= 15 is 0 Å². The van der Waals surface area contributed by atoms with Crippen molar-refractivity contribution >= 4 is 23.1 Å². The quantitative estimate of drug-likeness (QED) is 0.229. The van der Waals surface area contributed by atoms with Gasteiger partial charge in [-0.2, -0.15) is 26.3 Å². The molecule has 0 fully saturated rings. The third-order valence-electron chi connectivity index (χ3n) is 6.02. The molecule has 0 bridgehead atoms. The van der Waals surface area contributed by atoms with Crippen molar-refractivity contribution < 1.29 is 45.4 Å². The third kappa shape index (κ3) is 7.26. The van der Waals surface area contributed by atoms with Gasteiger partial charge in [-0.3, -0.25) is 4.79 Å². The Morgan fingerprint density at radius 1 is 0.816 bits per heavy atom. The summed E-state index contributed by atoms with van der Waals surface area (Å²) >= 11 is 0. The first-order chi connectivity index (χ1) is 17.8. The molecule has 0 atom stereocenters.